The largest absolute Gasteiger partial charge is 0.454 e. The summed E-state index contributed by atoms with van der Waals surface area (Å²) in [4.78, 5) is 18.1. The Balaban J connectivity index is 1.47. The zero-order chi connectivity index (χ0) is 20.3. The quantitative estimate of drug-likeness (QED) is 0.342. The van der Waals surface area contributed by atoms with Gasteiger partial charge in [0.25, 0.3) is 5.56 Å². The average Bonchev–Trinajstić information content (AvgIpc) is 3.25. The van der Waals surface area contributed by atoms with E-state index in [0.717, 1.165) is 34.2 Å². The van der Waals surface area contributed by atoms with E-state index in [-0.39, 0.29) is 12.4 Å². The molecule has 0 atom stereocenters. The van der Waals surface area contributed by atoms with Gasteiger partial charge in [-0.05, 0) is 41.8 Å². The van der Waals surface area contributed by atoms with Crippen molar-refractivity contribution in [2.45, 2.75) is 18.1 Å². The fraction of sp³-hybridized carbons (Fsp3) is 0.167. The zero-order valence-electron chi connectivity index (χ0n) is 16.3. The fourth-order valence-electron chi connectivity index (χ4n) is 3.52. The van der Waals surface area contributed by atoms with Gasteiger partial charge in [0.15, 0.2) is 16.7 Å². The summed E-state index contributed by atoms with van der Waals surface area (Å²) >= 11 is 1.61. The van der Waals surface area contributed by atoms with Gasteiger partial charge in [-0.2, -0.15) is 0 Å². The van der Waals surface area contributed by atoms with Crippen LogP contribution in [0.3, 0.4) is 0 Å². The summed E-state index contributed by atoms with van der Waals surface area (Å²) in [5, 5.41) is 1.36. The highest BCUT2D eigenvalue weighted by molar-refractivity contribution is 7.99. The monoisotopic (exact) mass is 416 g/mol. The van der Waals surface area contributed by atoms with Gasteiger partial charge >= 0.3 is 0 Å². The molecule has 30 heavy (non-hydrogen) atoms. The molecule has 5 rings (SSSR count). The van der Waals surface area contributed by atoms with E-state index >= 15 is 0 Å². The van der Waals surface area contributed by atoms with Crippen LogP contribution in [0, 0.1) is 0 Å². The minimum Gasteiger partial charge on any atom is -0.454 e. The van der Waals surface area contributed by atoms with E-state index < -0.39 is 0 Å². The first kappa shape index (κ1) is 18.8. The lowest BCUT2D eigenvalue weighted by Crippen LogP contribution is -2.24. The van der Waals surface area contributed by atoms with Crippen LogP contribution in [0.5, 0.6) is 11.5 Å². The van der Waals surface area contributed by atoms with Crippen LogP contribution < -0.4 is 15.0 Å². The summed E-state index contributed by atoms with van der Waals surface area (Å²) in [6.45, 7) is 0.665. The normalized spacial score (nSPS) is 12.4. The second-order valence-corrected chi connectivity index (χ2v) is 8.14. The molecule has 0 bridgehead atoms. The third-order valence-electron chi connectivity index (χ3n) is 5.07. The summed E-state index contributed by atoms with van der Waals surface area (Å²) in [7, 11) is 0. The van der Waals surface area contributed by atoms with Crippen LogP contribution in [0.2, 0.25) is 0 Å². The second kappa shape index (κ2) is 8.24. The highest BCUT2D eigenvalue weighted by Gasteiger charge is 2.16. The highest BCUT2D eigenvalue weighted by atomic mass is 32.2. The molecule has 0 saturated heterocycles. The van der Waals surface area contributed by atoms with Crippen LogP contribution in [0.15, 0.2) is 82.7 Å². The molecule has 1 aliphatic heterocycles. The summed E-state index contributed by atoms with van der Waals surface area (Å²) in [5.41, 5.74) is 2.95. The van der Waals surface area contributed by atoms with Gasteiger partial charge in [-0.3, -0.25) is 9.36 Å². The van der Waals surface area contributed by atoms with Gasteiger partial charge < -0.3 is 9.47 Å². The lowest BCUT2D eigenvalue weighted by atomic mass is 10.2. The third kappa shape index (κ3) is 3.78. The molecular formula is C24H20N2O3S. The number of nitrogens with zero attached hydrogens (tertiary/aromatic N) is 2. The first-order valence-corrected chi connectivity index (χ1v) is 10.8. The maximum atomic E-state index is 13.3. The molecule has 5 nitrogen and oxygen atoms in total. The van der Waals surface area contributed by atoms with Crippen molar-refractivity contribution in [1.82, 2.24) is 9.55 Å². The standard InChI is InChI=1S/C24H20N2O3S/c27-23-19-8-4-5-9-20(19)25-24(30-13-12-17-6-2-1-3-7-17)26(23)15-18-10-11-21-22(14-18)29-16-28-21/h1-11,14H,12-13,15-16H2. The highest BCUT2D eigenvalue weighted by Crippen LogP contribution is 2.33. The molecule has 1 aromatic heterocycles. The molecule has 6 heteroatoms. The summed E-state index contributed by atoms with van der Waals surface area (Å²) in [6, 6.07) is 23.6. The third-order valence-corrected chi connectivity index (χ3v) is 6.05. The van der Waals surface area contributed by atoms with Crippen LogP contribution in [0.4, 0.5) is 0 Å². The summed E-state index contributed by atoms with van der Waals surface area (Å²) < 4.78 is 12.6. The van der Waals surface area contributed by atoms with Crippen LogP contribution in [0.1, 0.15) is 11.1 Å². The summed E-state index contributed by atoms with van der Waals surface area (Å²) in [5.74, 6) is 2.29. The maximum absolute atomic E-state index is 13.3. The Hall–Kier alpha value is -3.25. The van der Waals surface area contributed by atoms with Crippen LogP contribution in [-0.4, -0.2) is 22.1 Å². The van der Waals surface area contributed by atoms with Gasteiger partial charge in [-0.25, -0.2) is 4.98 Å². The number of rotatable bonds is 6. The van der Waals surface area contributed by atoms with Crippen molar-refractivity contribution in [2.24, 2.45) is 0 Å². The fourth-order valence-corrected chi connectivity index (χ4v) is 4.51. The van der Waals surface area contributed by atoms with Crippen LogP contribution in [-0.2, 0) is 13.0 Å². The van der Waals surface area contributed by atoms with E-state index in [1.54, 1.807) is 16.3 Å². The van der Waals surface area contributed by atoms with E-state index in [9.17, 15) is 4.79 Å². The Morgan fingerprint density at radius 2 is 1.70 bits per heavy atom. The molecule has 2 heterocycles. The number of hydrogen-bond acceptors (Lipinski definition) is 5. The Labute approximate surface area is 178 Å². The van der Waals surface area contributed by atoms with E-state index in [1.165, 1.54) is 5.56 Å². The number of benzene rings is 3. The van der Waals surface area contributed by atoms with Crippen molar-refractivity contribution in [1.29, 1.82) is 0 Å². The molecule has 0 fully saturated rings. The lowest BCUT2D eigenvalue weighted by Gasteiger charge is -2.13. The van der Waals surface area contributed by atoms with Gasteiger partial charge in [-0.15, -0.1) is 0 Å². The predicted octanol–water partition coefficient (Wildman–Crippen LogP) is 4.51. The number of aryl methyl sites for hydroxylation is 1. The Morgan fingerprint density at radius 1 is 0.900 bits per heavy atom. The molecule has 0 saturated carbocycles. The lowest BCUT2D eigenvalue weighted by molar-refractivity contribution is 0.174. The number of ether oxygens (including phenoxy) is 2. The average molecular weight is 417 g/mol. The molecule has 3 aromatic carbocycles. The van der Waals surface area contributed by atoms with Crippen molar-refractivity contribution in [3.8, 4) is 11.5 Å². The number of fused-ring (bicyclic) bond motifs is 2. The van der Waals surface area contributed by atoms with E-state index in [4.69, 9.17) is 14.5 Å². The topological polar surface area (TPSA) is 53.4 Å². The van der Waals surface area contributed by atoms with Crippen molar-refractivity contribution >= 4 is 22.7 Å². The van der Waals surface area contributed by atoms with Crippen molar-refractivity contribution in [3.63, 3.8) is 0 Å². The molecule has 150 valence electrons. The Kier molecular flexibility index (Phi) is 5.15. The first-order valence-electron chi connectivity index (χ1n) is 9.83. The van der Waals surface area contributed by atoms with Crippen LogP contribution in [0.25, 0.3) is 10.9 Å². The molecule has 0 aliphatic carbocycles. The van der Waals surface area contributed by atoms with Crippen molar-refractivity contribution < 1.29 is 9.47 Å². The van der Waals surface area contributed by atoms with Gasteiger partial charge in [0, 0.05) is 5.75 Å². The number of hydrogen-bond donors (Lipinski definition) is 0. The molecule has 0 unspecified atom stereocenters. The molecule has 4 aromatic rings. The van der Waals surface area contributed by atoms with Crippen molar-refractivity contribution in [3.05, 3.63) is 94.3 Å². The van der Waals surface area contributed by atoms with Gasteiger partial charge in [0.1, 0.15) is 0 Å². The van der Waals surface area contributed by atoms with Crippen LogP contribution >= 0.6 is 11.8 Å². The van der Waals surface area contributed by atoms with Gasteiger partial charge in [0.2, 0.25) is 6.79 Å². The molecular weight excluding hydrogens is 396 g/mol. The maximum Gasteiger partial charge on any atom is 0.262 e. The van der Waals surface area contributed by atoms with E-state index in [1.807, 2.05) is 60.7 Å². The first-order chi connectivity index (χ1) is 14.8. The minimum absolute atomic E-state index is 0.0273. The molecule has 0 radical (unpaired) electrons. The van der Waals surface area contributed by atoms with Gasteiger partial charge in [-0.1, -0.05) is 60.3 Å². The van der Waals surface area contributed by atoms with Crippen molar-refractivity contribution in [2.75, 3.05) is 12.5 Å². The number of thioether (sulfide) groups is 1. The van der Waals surface area contributed by atoms with E-state index in [0.29, 0.717) is 17.7 Å². The van der Waals surface area contributed by atoms with E-state index in [2.05, 4.69) is 12.1 Å². The van der Waals surface area contributed by atoms with Gasteiger partial charge in [0.05, 0.1) is 17.4 Å². The Bertz CT molecular complexity index is 1250. The second-order valence-electron chi connectivity index (χ2n) is 7.07. The molecule has 0 amide bonds. The smallest absolute Gasteiger partial charge is 0.262 e. The zero-order valence-corrected chi connectivity index (χ0v) is 17.1. The summed E-state index contributed by atoms with van der Waals surface area (Å²) in [6.07, 6.45) is 0.915. The molecule has 0 spiro atoms. The SMILES string of the molecule is O=c1c2ccccc2nc(SCCc2ccccc2)n1Cc1ccc2c(c1)OCO2. The molecule has 1 aliphatic rings. The molecule has 0 N–H and O–H groups in total. The minimum atomic E-state index is -0.0273. The number of aromatic nitrogens is 2. The number of para-hydroxylation sites is 1. The Morgan fingerprint density at radius 3 is 2.60 bits per heavy atom. The predicted molar refractivity (Wildman–Crippen MR) is 119 cm³/mol.